The summed E-state index contributed by atoms with van der Waals surface area (Å²) in [5.41, 5.74) is -5.28. The molecule has 0 aromatic rings. The fourth-order valence-corrected chi connectivity index (χ4v) is 7.10. The van der Waals surface area contributed by atoms with Gasteiger partial charge in [-0.2, -0.15) is 0 Å². The summed E-state index contributed by atoms with van der Waals surface area (Å²) in [6.07, 6.45) is -1.24. The van der Waals surface area contributed by atoms with Gasteiger partial charge in [-0.15, -0.1) is 0 Å². The van der Waals surface area contributed by atoms with Crippen molar-refractivity contribution in [3.63, 3.8) is 0 Å². The molecule has 0 aromatic carbocycles. The zero-order valence-electron chi connectivity index (χ0n) is 17.8. The summed E-state index contributed by atoms with van der Waals surface area (Å²) in [4.78, 5) is 23.8. The number of carbonyl (C=O) groups is 2. The molecular weight excluding hydrogens is 397 g/mol. The highest BCUT2D eigenvalue weighted by Gasteiger charge is 2.73. The normalized spacial score (nSPS) is 50.1. The van der Waals surface area contributed by atoms with Gasteiger partial charge in [0.2, 0.25) is 5.78 Å². The molecule has 166 valence electrons. The fourth-order valence-electron chi connectivity index (χ4n) is 7.10. The SMILES string of the molecule is CCC(=O)O[C@@H]1[C@@H](C)C[C@H]2[C@@H]3C[C@H](F)C4=C(F)C(=O)C=C[C@]4(C)[C@@]3(F)[C@@H](O)C[C@]12C. The highest BCUT2D eigenvalue weighted by molar-refractivity contribution is 6.04. The van der Waals surface area contributed by atoms with Crippen molar-refractivity contribution in [2.75, 3.05) is 0 Å². The van der Waals surface area contributed by atoms with Crippen molar-refractivity contribution in [1.29, 1.82) is 0 Å². The average Bonchev–Trinajstić information content (AvgIpc) is 2.92. The zero-order chi connectivity index (χ0) is 22.2. The van der Waals surface area contributed by atoms with E-state index in [0.717, 1.165) is 6.08 Å². The van der Waals surface area contributed by atoms with Gasteiger partial charge in [0.1, 0.15) is 12.3 Å². The highest BCUT2D eigenvalue weighted by atomic mass is 19.2. The van der Waals surface area contributed by atoms with E-state index in [2.05, 4.69) is 0 Å². The van der Waals surface area contributed by atoms with Gasteiger partial charge in [-0.25, -0.2) is 13.2 Å². The monoisotopic (exact) mass is 426 g/mol. The second kappa shape index (κ2) is 6.68. The molecule has 4 aliphatic carbocycles. The van der Waals surface area contributed by atoms with E-state index >= 15 is 8.78 Å². The standard InChI is InChI=1S/C23H29F3O4/c1-5-17(29)30-20-11(2)8-12-13-9-14(24)18-19(25)15(27)6-7-22(18,4)23(13,26)16(28)10-21(12,20)3/h6-7,11-14,16,20,28H,5,8-10H2,1-4H3/t11-,12-,13-,14-,16-,20+,21-,22-,23-/m0/s1. The summed E-state index contributed by atoms with van der Waals surface area (Å²) in [5.74, 6) is -3.90. The Morgan fingerprint density at radius 3 is 2.60 bits per heavy atom. The third kappa shape index (κ3) is 2.50. The zero-order valence-corrected chi connectivity index (χ0v) is 17.8. The molecule has 0 aromatic heterocycles. The molecule has 0 spiro atoms. The predicted octanol–water partition coefficient (Wildman–Crippen LogP) is 4.17. The van der Waals surface area contributed by atoms with Crippen molar-refractivity contribution in [2.24, 2.45) is 28.6 Å². The lowest BCUT2D eigenvalue weighted by Crippen LogP contribution is -2.68. The first kappa shape index (κ1) is 21.6. The minimum atomic E-state index is -2.33. The molecule has 0 aliphatic heterocycles. The van der Waals surface area contributed by atoms with E-state index < -0.39 is 58.0 Å². The molecule has 0 unspecified atom stereocenters. The minimum absolute atomic E-state index is 0.0138. The first-order valence-corrected chi connectivity index (χ1v) is 10.8. The maximum atomic E-state index is 16.9. The van der Waals surface area contributed by atoms with Crippen molar-refractivity contribution in [3.05, 3.63) is 23.6 Å². The minimum Gasteiger partial charge on any atom is -0.461 e. The summed E-state index contributed by atoms with van der Waals surface area (Å²) < 4.78 is 52.5. The lowest BCUT2D eigenvalue weighted by atomic mass is 9.45. The lowest BCUT2D eigenvalue weighted by molar-refractivity contribution is -0.212. The van der Waals surface area contributed by atoms with Crippen molar-refractivity contribution < 1.29 is 32.6 Å². The molecule has 3 fully saturated rings. The Bertz CT molecular complexity index is 853. The molecular formula is C23H29F3O4. The Hall–Kier alpha value is -1.63. The highest BCUT2D eigenvalue weighted by Crippen LogP contribution is 2.69. The number of alkyl halides is 2. The molecule has 0 amide bonds. The van der Waals surface area contributed by atoms with Crippen LogP contribution in [0.1, 0.15) is 53.4 Å². The van der Waals surface area contributed by atoms with Crippen molar-refractivity contribution >= 4 is 11.8 Å². The molecule has 4 nitrogen and oxygen atoms in total. The molecule has 3 saturated carbocycles. The number of hydrogen-bond donors (Lipinski definition) is 1. The molecule has 0 bridgehead atoms. The second-order valence-corrected chi connectivity index (χ2v) is 10.0. The van der Waals surface area contributed by atoms with Gasteiger partial charge in [-0.05, 0) is 44.1 Å². The number of aliphatic hydroxyl groups is 1. The molecule has 1 N–H and O–H groups in total. The number of fused-ring (bicyclic) bond motifs is 5. The van der Waals surface area contributed by atoms with Crippen LogP contribution in [0.2, 0.25) is 0 Å². The molecule has 9 atom stereocenters. The quantitative estimate of drug-likeness (QED) is 0.674. The van der Waals surface area contributed by atoms with Crippen molar-refractivity contribution in [2.45, 2.75) is 77.4 Å². The van der Waals surface area contributed by atoms with Crippen LogP contribution in [-0.4, -0.2) is 40.9 Å². The smallest absolute Gasteiger partial charge is 0.305 e. The summed E-state index contributed by atoms with van der Waals surface area (Å²) in [7, 11) is 0. The summed E-state index contributed by atoms with van der Waals surface area (Å²) in [6, 6.07) is 0. The van der Waals surface area contributed by atoms with Gasteiger partial charge in [-0.3, -0.25) is 9.59 Å². The Labute approximate surface area is 174 Å². The van der Waals surface area contributed by atoms with E-state index in [-0.39, 0.29) is 37.1 Å². The Balaban J connectivity index is 1.81. The average molecular weight is 426 g/mol. The van der Waals surface area contributed by atoms with Gasteiger partial charge in [-0.1, -0.05) is 26.8 Å². The second-order valence-electron chi connectivity index (χ2n) is 10.0. The molecule has 4 rings (SSSR count). The number of hydrogen-bond acceptors (Lipinski definition) is 4. The Morgan fingerprint density at radius 1 is 1.30 bits per heavy atom. The number of halogens is 3. The van der Waals surface area contributed by atoms with Crippen LogP contribution in [0.4, 0.5) is 13.2 Å². The first-order chi connectivity index (χ1) is 13.9. The number of allylic oxidation sites excluding steroid dienone is 4. The number of carbonyl (C=O) groups excluding carboxylic acids is 2. The van der Waals surface area contributed by atoms with Gasteiger partial charge in [0.05, 0.1) is 6.10 Å². The largest absolute Gasteiger partial charge is 0.461 e. The predicted molar refractivity (Wildman–Crippen MR) is 103 cm³/mol. The van der Waals surface area contributed by atoms with E-state index in [4.69, 9.17) is 4.74 Å². The van der Waals surface area contributed by atoms with Gasteiger partial charge >= 0.3 is 5.97 Å². The van der Waals surface area contributed by atoms with Crippen LogP contribution in [0.15, 0.2) is 23.6 Å². The molecule has 4 aliphatic rings. The number of ketones is 1. The number of rotatable bonds is 2. The summed E-state index contributed by atoms with van der Waals surface area (Å²) in [6.45, 7) is 6.87. The third-order valence-corrected chi connectivity index (χ3v) is 8.48. The van der Waals surface area contributed by atoms with Crippen LogP contribution < -0.4 is 0 Å². The maximum absolute atomic E-state index is 16.9. The van der Waals surface area contributed by atoms with E-state index in [9.17, 15) is 19.1 Å². The van der Waals surface area contributed by atoms with Crippen molar-refractivity contribution in [1.82, 2.24) is 0 Å². The van der Waals surface area contributed by atoms with E-state index in [1.807, 2.05) is 13.8 Å². The van der Waals surface area contributed by atoms with E-state index in [0.29, 0.717) is 6.42 Å². The first-order valence-electron chi connectivity index (χ1n) is 10.8. The Kier molecular flexibility index (Phi) is 4.81. The van der Waals surface area contributed by atoms with Crippen LogP contribution >= 0.6 is 0 Å². The number of esters is 1. The third-order valence-electron chi connectivity index (χ3n) is 8.48. The van der Waals surface area contributed by atoms with Crippen LogP contribution in [0.5, 0.6) is 0 Å². The fraction of sp³-hybridized carbons (Fsp3) is 0.739. The number of aliphatic hydroxyl groups excluding tert-OH is 1. The molecule has 0 saturated heterocycles. The number of ether oxygens (including phenoxy) is 1. The van der Waals surface area contributed by atoms with Gasteiger partial charge in [0, 0.05) is 28.7 Å². The van der Waals surface area contributed by atoms with Crippen LogP contribution in [0, 0.1) is 28.6 Å². The van der Waals surface area contributed by atoms with E-state index in [1.54, 1.807) is 6.92 Å². The topological polar surface area (TPSA) is 63.6 Å². The molecule has 30 heavy (non-hydrogen) atoms. The molecule has 7 heteroatoms. The van der Waals surface area contributed by atoms with Gasteiger partial charge < -0.3 is 9.84 Å². The molecule has 0 heterocycles. The molecule has 0 radical (unpaired) electrons. The van der Waals surface area contributed by atoms with Crippen LogP contribution in [-0.2, 0) is 14.3 Å². The van der Waals surface area contributed by atoms with Crippen LogP contribution in [0.25, 0.3) is 0 Å². The summed E-state index contributed by atoms with van der Waals surface area (Å²) in [5, 5.41) is 11.1. The van der Waals surface area contributed by atoms with Gasteiger partial charge in [0.25, 0.3) is 0 Å². The van der Waals surface area contributed by atoms with E-state index in [1.165, 1.54) is 13.0 Å². The van der Waals surface area contributed by atoms with Gasteiger partial charge in [0.15, 0.2) is 11.5 Å². The lowest BCUT2D eigenvalue weighted by Gasteiger charge is -2.62. The summed E-state index contributed by atoms with van der Waals surface area (Å²) >= 11 is 0. The van der Waals surface area contributed by atoms with Crippen molar-refractivity contribution in [3.8, 4) is 0 Å². The van der Waals surface area contributed by atoms with Crippen LogP contribution in [0.3, 0.4) is 0 Å². The maximum Gasteiger partial charge on any atom is 0.305 e. The Morgan fingerprint density at radius 2 is 1.97 bits per heavy atom.